The number of carbonyl (C=O) groups is 1. The molecular formula is C27H31ClN2O7S. The van der Waals surface area contributed by atoms with E-state index in [4.69, 9.17) is 30.5 Å². The Morgan fingerprint density at radius 2 is 1.58 bits per heavy atom. The van der Waals surface area contributed by atoms with Gasteiger partial charge in [-0.1, -0.05) is 23.7 Å². The molecule has 9 nitrogen and oxygen atoms in total. The highest BCUT2D eigenvalue weighted by molar-refractivity contribution is 7.92. The van der Waals surface area contributed by atoms with Crippen molar-refractivity contribution in [1.82, 2.24) is 5.32 Å². The third kappa shape index (κ3) is 6.62. The summed E-state index contributed by atoms with van der Waals surface area (Å²) in [6, 6.07) is 14.4. The Hall–Kier alpha value is -3.63. The number of nitrogens with one attached hydrogen (secondary N) is 1. The van der Waals surface area contributed by atoms with Crippen LogP contribution in [0.25, 0.3) is 0 Å². The summed E-state index contributed by atoms with van der Waals surface area (Å²) in [4.78, 5) is 12.8. The summed E-state index contributed by atoms with van der Waals surface area (Å²) >= 11 is 6.19. The number of halogens is 1. The van der Waals surface area contributed by atoms with Gasteiger partial charge in [-0.05, 0) is 61.4 Å². The number of carbonyl (C=O) groups excluding carboxylic acids is 1. The normalized spacial score (nSPS) is 11.0. The average Bonchev–Trinajstić information content (AvgIpc) is 2.91. The maximum absolute atomic E-state index is 13.8. The number of ether oxygens (including phenoxy) is 4. The van der Waals surface area contributed by atoms with Gasteiger partial charge < -0.3 is 24.3 Å². The molecule has 1 N–H and O–H groups in total. The van der Waals surface area contributed by atoms with Crippen molar-refractivity contribution in [2.45, 2.75) is 18.7 Å². The second-order valence-electron chi connectivity index (χ2n) is 8.24. The van der Waals surface area contributed by atoms with Crippen LogP contribution in [-0.4, -0.2) is 55.4 Å². The van der Waals surface area contributed by atoms with Crippen LogP contribution < -0.4 is 28.6 Å². The van der Waals surface area contributed by atoms with Crippen molar-refractivity contribution < 1.29 is 32.2 Å². The minimum atomic E-state index is -4.27. The maximum Gasteiger partial charge on any atom is 0.265 e. The molecule has 0 saturated heterocycles. The van der Waals surface area contributed by atoms with E-state index in [2.05, 4.69) is 5.32 Å². The number of nitrogens with zero attached hydrogens (tertiary/aromatic N) is 1. The van der Waals surface area contributed by atoms with Crippen molar-refractivity contribution in [3.05, 3.63) is 70.7 Å². The van der Waals surface area contributed by atoms with E-state index in [0.717, 1.165) is 21.2 Å². The lowest BCUT2D eigenvalue weighted by molar-refractivity contribution is -0.119. The van der Waals surface area contributed by atoms with Crippen LogP contribution in [0, 0.1) is 13.8 Å². The minimum Gasteiger partial charge on any atom is -0.495 e. The largest absolute Gasteiger partial charge is 0.495 e. The summed E-state index contributed by atoms with van der Waals surface area (Å²) in [6.45, 7) is 3.79. The van der Waals surface area contributed by atoms with Gasteiger partial charge in [0.05, 0.1) is 38.5 Å². The zero-order valence-corrected chi connectivity index (χ0v) is 23.5. The van der Waals surface area contributed by atoms with E-state index in [1.165, 1.54) is 51.7 Å². The van der Waals surface area contributed by atoms with Gasteiger partial charge in [-0.2, -0.15) is 0 Å². The highest BCUT2D eigenvalue weighted by Gasteiger charge is 2.30. The molecule has 11 heteroatoms. The molecule has 0 heterocycles. The lowest BCUT2D eigenvalue weighted by Gasteiger charge is -2.26. The topological polar surface area (TPSA) is 103 Å². The van der Waals surface area contributed by atoms with E-state index >= 15 is 0 Å². The zero-order valence-electron chi connectivity index (χ0n) is 21.9. The Morgan fingerprint density at radius 3 is 2.26 bits per heavy atom. The summed E-state index contributed by atoms with van der Waals surface area (Å²) in [5.74, 6) is 0.991. The van der Waals surface area contributed by atoms with Crippen LogP contribution in [-0.2, 0) is 14.8 Å². The number of methoxy groups -OCH3 is 3. The summed E-state index contributed by atoms with van der Waals surface area (Å²) < 4.78 is 50.3. The van der Waals surface area contributed by atoms with Crippen LogP contribution in [0.15, 0.2) is 59.5 Å². The number of aryl methyl sites for hydroxylation is 1. The second-order valence-corrected chi connectivity index (χ2v) is 10.5. The van der Waals surface area contributed by atoms with Crippen LogP contribution in [0.5, 0.6) is 23.0 Å². The van der Waals surface area contributed by atoms with E-state index in [9.17, 15) is 13.2 Å². The van der Waals surface area contributed by atoms with Crippen LogP contribution in [0.4, 0.5) is 5.69 Å². The van der Waals surface area contributed by atoms with Crippen LogP contribution in [0.1, 0.15) is 11.1 Å². The number of benzene rings is 3. The smallest absolute Gasteiger partial charge is 0.265 e. The number of rotatable bonds is 12. The van der Waals surface area contributed by atoms with Gasteiger partial charge in [0.1, 0.15) is 24.7 Å². The zero-order chi connectivity index (χ0) is 27.9. The predicted molar refractivity (Wildman–Crippen MR) is 147 cm³/mol. The Balaban J connectivity index is 1.86. The molecule has 3 aromatic rings. The molecule has 0 spiro atoms. The van der Waals surface area contributed by atoms with Gasteiger partial charge in [0.25, 0.3) is 10.0 Å². The molecule has 0 unspecified atom stereocenters. The molecule has 0 fully saturated rings. The summed E-state index contributed by atoms with van der Waals surface area (Å²) in [5.41, 5.74) is 2.22. The molecule has 38 heavy (non-hydrogen) atoms. The first-order chi connectivity index (χ1) is 18.1. The van der Waals surface area contributed by atoms with Crippen LogP contribution >= 0.6 is 11.6 Å². The summed E-state index contributed by atoms with van der Waals surface area (Å²) in [7, 11) is -0.0211. The van der Waals surface area contributed by atoms with Gasteiger partial charge in [-0.15, -0.1) is 0 Å². The van der Waals surface area contributed by atoms with E-state index < -0.39 is 22.5 Å². The maximum atomic E-state index is 13.8. The first-order valence-corrected chi connectivity index (χ1v) is 13.5. The van der Waals surface area contributed by atoms with Crippen molar-refractivity contribution in [1.29, 1.82) is 0 Å². The summed E-state index contributed by atoms with van der Waals surface area (Å²) in [5, 5.41) is 2.99. The molecule has 3 rings (SSSR count). The molecule has 0 aromatic heterocycles. The molecule has 3 aromatic carbocycles. The van der Waals surface area contributed by atoms with Gasteiger partial charge in [-0.25, -0.2) is 8.42 Å². The quantitative estimate of drug-likeness (QED) is 0.327. The Bertz CT molecular complexity index is 1400. The molecular weight excluding hydrogens is 532 g/mol. The van der Waals surface area contributed by atoms with E-state index in [0.29, 0.717) is 5.75 Å². The fourth-order valence-corrected chi connectivity index (χ4v) is 5.29. The first kappa shape index (κ1) is 28.9. The molecule has 0 aliphatic rings. The Labute approximate surface area is 228 Å². The Morgan fingerprint density at radius 1 is 0.895 bits per heavy atom. The standard InChI is InChI=1S/C27H31ClN2O7S/c1-18-7-6-8-23(19(18)2)37-14-13-29-27(31)17-30(22-15-20(28)9-11-24(22)34-3)38(32,33)21-10-12-25(35-4)26(16-21)36-5/h6-12,15-16H,13-14,17H2,1-5H3,(H,29,31). The number of anilines is 1. The minimum absolute atomic E-state index is 0.108. The van der Waals surface area contributed by atoms with Gasteiger partial charge in [0.15, 0.2) is 11.5 Å². The monoisotopic (exact) mass is 562 g/mol. The fourth-order valence-electron chi connectivity index (χ4n) is 3.68. The number of sulfonamides is 1. The van der Waals surface area contributed by atoms with Crippen LogP contribution in [0.3, 0.4) is 0 Å². The van der Waals surface area contributed by atoms with Crippen molar-refractivity contribution in [3.63, 3.8) is 0 Å². The Kier molecular flexibility index (Phi) is 9.71. The lowest BCUT2D eigenvalue weighted by Crippen LogP contribution is -2.42. The third-order valence-electron chi connectivity index (χ3n) is 5.88. The molecule has 0 aliphatic heterocycles. The average molecular weight is 563 g/mol. The van der Waals surface area contributed by atoms with E-state index in [1.54, 1.807) is 6.07 Å². The van der Waals surface area contributed by atoms with Gasteiger partial charge in [0, 0.05) is 11.1 Å². The SMILES string of the molecule is COc1ccc(S(=O)(=O)N(CC(=O)NCCOc2cccc(C)c2C)c2cc(Cl)ccc2OC)cc1OC. The van der Waals surface area contributed by atoms with Crippen molar-refractivity contribution in [3.8, 4) is 23.0 Å². The van der Waals surface area contributed by atoms with Crippen LogP contribution in [0.2, 0.25) is 5.02 Å². The van der Waals surface area contributed by atoms with E-state index in [1.807, 2.05) is 32.0 Å². The molecule has 1 amide bonds. The van der Waals surface area contributed by atoms with Crippen molar-refractivity contribution >= 4 is 33.2 Å². The highest BCUT2D eigenvalue weighted by atomic mass is 35.5. The number of amides is 1. The number of hydrogen-bond acceptors (Lipinski definition) is 7. The van der Waals surface area contributed by atoms with Gasteiger partial charge in [-0.3, -0.25) is 9.10 Å². The number of hydrogen-bond donors (Lipinski definition) is 1. The molecule has 204 valence electrons. The van der Waals surface area contributed by atoms with Crippen molar-refractivity contribution in [2.75, 3.05) is 45.3 Å². The first-order valence-electron chi connectivity index (χ1n) is 11.7. The molecule has 0 atom stereocenters. The molecule has 0 saturated carbocycles. The van der Waals surface area contributed by atoms with Crippen molar-refractivity contribution in [2.24, 2.45) is 0 Å². The molecule has 0 radical (unpaired) electrons. The fraction of sp³-hybridized carbons (Fsp3) is 0.296. The summed E-state index contributed by atoms with van der Waals surface area (Å²) in [6.07, 6.45) is 0. The second kappa shape index (κ2) is 12.7. The van der Waals surface area contributed by atoms with E-state index in [-0.39, 0.29) is 40.3 Å². The van der Waals surface area contributed by atoms with Gasteiger partial charge >= 0.3 is 0 Å². The van der Waals surface area contributed by atoms with Gasteiger partial charge in [0.2, 0.25) is 5.91 Å². The lowest BCUT2D eigenvalue weighted by atomic mass is 10.1. The predicted octanol–water partition coefficient (Wildman–Crippen LogP) is 4.37. The molecule has 0 bridgehead atoms. The molecule has 0 aliphatic carbocycles. The third-order valence-corrected chi connectivity index (χ3v) is 7.87. The highest BCUT2D eigenvalue weighted by Crippen LogP contribution is 2.37.